The lowest BCUT2D eigenvalue weighted by Crippen LogP contribution is -2.54. The van der Waals surface area contributed by atoms with Gasteiger partial charge < -0.3 is 18.0 Å². The summed E-state index contributed by atoms with van der Waals surface area (Å²) in [6.07, 6.45) is -0.0236. The van der Waals surface area contributed by atoms with Crippen LogP contribution in [-0.4, -0.2) is 69.4 Å². The second kappa shape index (κ2) is 11.5. The van der Waals surface area contributed by atoms with Gasteiger partial charge >= 0.3 is 0 Å². The van der Waals surface area contributed by atoms with Crippen LogP contribution in [0.4, 0.5) is 0 Å². The Balaban J connectivity index is 2.18. The number of imidazole rings is 1. The molecule has 4 atom stereocenters. The Labute approximate surface area is 260 Å². The molecular formula is C28H52Cl2N4O4Si3. The quantitative estimate of drug-likeness (QED) is 0.159. The van der Waals surface area contributed by atoms with Gasteiger partial charge in [0.2, 0.25) is 5.28 Å². The molecule has 0 unspecified atom stereocenters. The maximum Gasteiger partial charge on any atom is 0.225 e. The SMILES string of the molecule is CC(C)(C)[Si](C)(C)OC[C@H]1O[C@@H](n2cnc3c(Cl)nc(Cl)nc32)[C@H](O[Si](C)(C)C(C)(C)C)[C@@H]1O[Si](C)(C)C(C)(C)C. The molecule has 8 nitrogen and oxygen atoms in total. The maximum atomic E-state index is 7.22. The van der Waals surface area contributed by atoms with E-state index < -0.39 is 37.3 Å². The fraction of sp³-hybridized carbons (Fsp3) is 0.821. The van der Waals surface area contributed by atoms with Crippen LogP contribution in [0.5, 0.6) is 0 Å². The Morgan fingerprint density at radius 1 is 0.780 bits per heavy atom. The lowest BCUT2D eigenvalue weighted by atomic mass is 10.1. The van der Waals surface area contributed by atoms with Crippen molar-refractivity contribution in [3.8, 4) is 0 Å². The second-order valence-electron chi connectivity index (χ2n) is 15.9. The van der Waals surface area contributed by atoms with Crippen molar-refractivity contribution in [3.05, 3.63) is 16.8 Å². The summed E-state index contributed by atoms with van der Waals surface area (Å²) in [5, 5.41) is 0.276. The molecule has 0 bridgehead atoms. The average Bonchev–Trinajstić information content (AvgIpc) is 3.31. The van der Waals surface area contributed by atoms with Gasteiger partial charge in [-0.15, -0.1) is 0 Å². The Bertz CT molecular complexity index is 1240. The third-order valence-corrected chi connectivity index (χ3v) is 23.7. The first-order valence-electron chi connectivity index (χ1n) is 14.5. The van der Waals surface area contributed by atoms with Gasteiger partial charge in [-0.25, -0.2) is 9.97 Å². The Kier molecular flexibility index (Phi) is 9.86. The molecule has 3 heterocycles. The van der Waals surface area contributed by atoms with Crippen molar-refractivity contribution in [1.82, 2.24) is 19.5 Å². The summed E-state index contributed by atoms with van der Waals surface area (Å²) in [6, 6.07) is 0. The topological polar surface area (TPSA) is 80.5 Å². The molecule has 0 radical (unpaired) electrons. The molecule has 1 saturated heterocycles. The third-order valence-electron chi connectivity index (χ3n) is 9.80. The molecule has 41 heavy (non-hydrogen) atoms. The summed E-state index contributed by atoms with van der Waals surface area (Å²) in [7, 11) is -6.62. The molecule has 1 aliphatic rings. The Hall–Kier alpha value is -0.379. The summed E-state index contributed by atoms with van der Waals surface area (Å²) in [5.41, 5.74) is 0.967. The van der Waals surface area contributed by atoms with E-state index in [0.29, 0.717) is 17.8 Å². The highest BCUT2D eigenvalue weighted by atomic mass is 35.5. The number of hydrogen-bond acceptors (Lipinski definition) is 7. The largest absolute Gasteiger partial charge is 0.414 e. The number of ether oxygens (including phenoxy) is 1. The number of rotatable bonds is 8. The molecule has 0 aromatic carbocycles. The molecule has 0 N–H and O–H groups in total. The number of fused-ring (bicyclic) bond motifs is 1. The van der Waals surface area contributed by atoms with E-state index in [9.17, 15) is 0 Å². The lowest BCUT2D eigenvalue weighted by molar-refractivity contribution is -0.0470. The fourth-order valence-electron chi connectivity index (χ4n) is 3.92. The Morgan fingerprint density at radius 3 is 1.76 bits per heavy atom. The van der Waals surface area contributed by atoms with Gasteiger partial charge in [0.15, 0.2) is 42.0 Å². The first-order chi connectivity index (χ1) is 18.3. The lowest BCUT2D eigenvalue weighted by Gasteiger charge is -2.44. The van der Waals surface area contributed by atoms with E-state index in [4.69, 9.17) is 41.2 Å². The van der Waals surface area contributed by atoms with Crippen molar-refractivity contribution in [2.75, 3.05) is 6.61 Å². The minimum atomic E-state index is -2.29. The molecule has 0 aliphatic carbocycles. The molecule has 0 spiro atoms. The van der Waals surface area contributed by atoms with Gasteiger partial charge in [-0.05, 0) is 66.0 Å². The second-order valence-corrected chi connectivity index (χ2v) is 30.9. The highest BCUT2D eigenvalue weighted by Crippen LogP contribution is 2.47. The van der Waals surface area contributed by atoms with Crippen molar-refractivity contribution in [3.63, 3.8) is 0 Å². The van der Waals surface area contributed by atoms with Crippen LogP contribution in [0.3, 0.4) is 0 Å². The van der Waals surface area contributed by atoms with E-state index in [1.165, 1.54) is 0 Å². The van der Waals surface area contributed by atoms with E-state index in [0.717, 1.165) is 0 Å². The minimum Gasteiger partial charge on any atom is -0.414 e. The van der Waals surface area contributed by atoms with Crippen molar-refractivity contribution in [1.29, 1.82) is 0 Å². The van der Waals surface area contributed by atoms with E-state index in [1.807, 2.05) is 4.57 Å². The average molecular weight is 664 g/mol. The molecule has 2 aromatic heterocycles. The molecule has 1 aliphatic heterocycles. The third kappa shape index (κ3) is 7.30. The molecule has 13 heteroatoms. The van der Waals surface area contributed by atoms with E-state index in [-0.39, 0.29) is 37.8 Å². The first-order valence-corrected chi connectivity index (χ1v) is 24.0. The molecule has 1 fully saturated rings. The van der Waals surface area contributed by atoms with Gasteiger partial charge in [0.25, 0.3) is 0 Å². The van der Waals surface area contributed by atoms with Gasteiger partial charge in [0, 0.05) is 0 Å². The predicted octanol–water partition coefficient (Wildman–Crippen LogP) is 8.83. The molecule has 234 valence electrons. The predicted molar refractivity (Wildman–Crippen MR) is 177 cm³/mol. The van der Waals surface area contributed by atoms with Gasteiger partial charge in [-0.2, -0.15) is 4.98 Å². The van der Waals surface area contributed by atoms with Crippen LogP contribution in [0.25, 0.3) is 11.2 Å². The van der Waals surface area contributed by atoms with Crippen molar-refractivity contribution >= 4 is 59.3 Å². The first kappa shape index (κ1) is 35.1. The summed E-state index contributed by atoms with van der Waals surface area (Å²) in [6.45, 7) is 34.2. The van der Waals surface area contributed by atoms with Gasteiger partial charge in [-0.3, -0.25) is 4.57 Å². The monoisotopic (exact) mass is 662 g/mol. The van der Waals surface area contributed by atoms with Crippen LogP contribution in [0, 0.1) is 0 Å². The molecular weight excluding hydrogens is 611 g/mol. The number of hydrogen-bond donors (Lipinski definition) is 0. The van der Waals surface area contributed by atoms with Gasteiger partial charge in [0.05, 0.1) is 12.9 Å². The Morgan fingerprint density at radius 2 is 1.27 bits per heavy atom. The van der Waals surface area contributed by atoms with Crippen LogP contribution in [0.1, 0.15) is 68.5 Å². The van der Waals surface area contributed by atoms with Gasteiger partial charge in [0.1, 0.15) is 23.8 Å². The fourth-order valence-corrected chi connectivity index (χ4v) is 7.96. The zero-order valence-corrected chi connectivity index (χ0v) is 32.3. The van der Waals surface area contributed by atoms with Crippen molar-refractivity contribution in [2.24, 2.45) is 0 Å². The zero-order chi connectivity index (χ0) is 31.6. The zero-order valence-electron chi connectivity index (χ0n) is 27.8. The summed E-state index contributed by atoms with van der Waals surface area (Å²) < 4.78 is 30.0. The normalized spacial score (nSPS) is 23.5. The molecule has 0 amide bonds. The van der Waals surface area contributed by atoms with Crippen LogP contribution < -0.4 is 0 Å². The number of nitrogens with zero attached hydrogens (tertiary/aromatic N) is 4. The van der Waals surface area contributed by atoms with Crippen LogP contribution in [0.2, 0.25) is 64.8 Å². The van der Waals surface area contributed by atoms with E-state index >= 15 is 0 Å². The smallest absolute Gasteiger partial charge is 0.225 e. The van der Waals surface area contributed by atoms with Crippen LogP contribution in [0.15, 0.2) is 6.33 Å². The standard InChI is InChI=1S/C28H52Cl2N4O4Si3/c1-26(2,3)39(10,11)35-16-18-20(37-40(12,13)27(4,5)6)21(38-41(14,15)28(7,8)9)24(36-18)34-17-31-19-22(29)32-25(30)33-23(19)34/h17-18,20-21,24H,16H2,1-15H3/t18-,20-,21-,24-/m1/s1. The molecule has 3 rings (SSSR count). The van der Waals surface area contributed by atoms with Gasteiger partial charge in [-0.1, -0.05) is 73.9 Å². The van der Waals surface area contributed by atoms with Crippen LogP contribution in [-0.2, 0) is 18.0 Å². The van der Waals surface area contributed by atoms with Crippen molar-refractivity contribution in [2.45, 2.75) is 141 Å². The summed E-state index contributed by atoms with van der Waals surface area (Å²) in [5.74, 6) is 0. The summed E-state index contributed by atoms with van der Waals surface area (Å²) in [4.78, 5) is 13.1. The maximum absolute atomic E-state index is 7.22. The highest BCUT2D eigenvalue weighted by molar-refractivity contribution is 6.75. The molecule has 2 aromatic rings. The highest BCUT2D eigenvalue weighted by Gasteiger charge is 2.55. The van der Waals surface area contributed by atoms with Crippen molar-refractivity contribution < 1.29 is 18.0 Å². The van der Waals surface area contributed by atoms with Crippen LogP contribution >= 0.6 is 23.2 Å². The van der Waals surface area contributed by atoms with E-state index in [1.54, 1.807) is 6.33 Å². The minimum absolute atomic E-state index is 0.00652. The number of aromatic nitrogens is 4. The number of halogens is 2. The van der Waals surface area contributed by atoms with E-state index in [2.05, 4.69) is 117 Å². The molecule has 0 saturated carbocycles. The summed E-state index contributed by atoms with van der Waals surface area (Å²) >= 11 is 12.7.